The van der Waals surface area contributed by atoms with Crippen molar-refractivity contribution in [3.05, 3.63) is 37.1 Å². The third-order valence-electron chi connectivity index (χ3n) is 0.595. The fraction of sp³-hybridized carbons (Fsp3) is 0.222. The number of allylic oxidation sites excluding steroid dienone is 3. The lowest BCUT2D eigenvalue weighted by molar-refractivity contribution is 0.395. The van der Waals surface area contributed by atoms with Gasteiger partial charge in [-0.05, 0) is 6.08 Å². The molecule has 0 rings (SSSR count). The topological polar surface area (TPSA) is 33.0 Å². The zero-order chi connectivity index (χ0) is 9.11. The summed E-state index contributed by atoms with van der Waals surface area (Å²) >= 11 is 0. The summed E-state index contributed by atoms with van der Waals surface area (Å²) < 4.78 is 4.32. The number of hydrogen-bond acceptors (Lipinski definition) is 2. The summed E-state index contributed by atoms with van der Waals surface area (Å²) in [5.74, 6) is 0.317. The molecule has 60 valence electrons. The molecule has 0 aliphatic rings. The van der Waals surface area contributed by atoms with Crippen molar-refractivity contribution in [1.29, 1.82) is 5.26 Å². The van der Waals surface area contributed by atoms with E-state index in [1.54, 1.807) is 18.2 Å². The van der Waals surface area contributed by atoms with Gasteiger partial charge in [-0.15, -0.1) is 5.26 Å². The normalized spacial score (nSPS) is 7.36. The highest BCUT2D eigenvalue weighted by molar-refractivity contribution is 5.13. The van der Waals surface area contributed by atoms with Crippen LogP contribution in [-0.4, -0.2) is 0 Å². The summed E-state index contributed by atoms with van der Waals surface area (Å²) in [7, 11) is 0. The summed E-state index contributed by atoms with van der Waals surface area (Å²) in [5, 5.41) is 7.94. The Kier molecular flexibility index (Phi) is 12.6. The van der Waals surface area contributed by atoms with E-state index in [9.17, 15) is 0 Å². The highest BCUT2D eigenvalue weighted by Crippen LogP contribution is 1.92. The van der Waals surface area contributed by atoms with Crippen molar-refractivity contribution in [3.8, 4) is 6.26 Å². The summed E-state index contributed by atoms with van der Waals surface area (Å²) in [5.41, 5.74) is 0. The van der Waals surface area contributed by atoms with Crippen LogP contribution >= 0.6 is 0 Å². The molecule has 0 aromatic rings. The van der Waals surface area contributed by atoms with Crippen LogP contribution in [0.2, 0.25) is 0 Å². The molecule has 0 spiro atoms. The van der Waals surface area contributed by atoms with Gasteiger partial charge in [-0.1, -0.05) is 39.2 Å². The van der Waals surface area contributed by atoms with Crippen molar-refractivity contribution < 1.29 is 4.74 Å². The summed E-state index contributed by atoms with van der Waals surface area (Å²) in [6.45, 7) is 10.8. The van der Waals surface area contributed by atoms with Crippen molar-refractivity contribution in [3.63, 3.8) is 0 Å². The molecule has 0 atom stereocenters. The van der Waals surface area contributed by atoms with Crippen molar-refractivity contribution in [2.75, 3.05) is 0 Å². The second-order valence-electron chi connectivity index (χ2n) is 1.25. The Morgan fingerprint density at radius 2 is 2.09 bits per heavy atom. The van der Waals surface area contributed by atoms with Crippen LogP contribution in [-0.2, 0) is 4.74 Å². The van der Waals surface area contributed by atoms with Gasteiger partial charge in [0.2, 0.25) is 0 Å². The van der Waals surface area contributed by atoms with Crippen molar-refractivity contribution in [2.45, 2.75) is 13.8 Å². The molecule has 2 heteroatoms. The maximum absolute atomic E-state index is 7.94. The Balaban J connectivity index is 0. The molecule has 11 heavy (non-hydrogen) atoms. The van der Waals surface area contributed by atoms with Gasteiger partial charge in [0.1, 0.15) is 5.76 Å². The largest absolute Gasteiger partial charge is 0.389 e. The van der Waals surface area contributed by atoms with Gasteiger partial charge in [0.25, 0.3) is 6.26 Å². The second-order valence-corrected chi connectivity index (χ2v) is 1.25. The fourth-order valence-corrected chi connectivity index (χ4v) is 0.268. The molecule has 0 bridgehead atoms. The molecule has 0 saturated heterocycles. The standard InChI is InChI=1S/C7H7NO.C2H6/c1-3-4-5-7(2)9-6-8;1-2/h3-5H,1-2H2;1-2H3/b5-4-;. The third kappa shape index (κ3) is 11.9. The molecule has 0 fully saturated rings. The molecule has 0 aromatic heterocycles. The van der Waals surface area contributed by atoms with Crippen LogP contribution in [0.5, 0.6) is 0 Å². The van der Waals surface area contributed by atoms with Crippen LogP contribution in [0, 0.1) is 11.5 Å². The lowest BCUT2D eigenvalue weighted by Gasteiger charge is -1.87. The first-order valence-corrected chi connectivity index (χ1v) is 3.35. The van der Waals surface area contributed by atoms with Gasteiger partial charge in [-0.2, -0.15) is 0 Å². The van der Waals surface area contributed by atoms with Gasteiger partial charge in [0.15, 0.2) is 0 Å². The smallest absolute Gasteiger partial charge is 0.292 e. The average Bonchev–Trinajstić information content (AvgIpc) is 2.05. The van der Waals surface area contributed by atoms with Gasteiger partial charge >= 0.3 is 0 Å². The van der Waals surface area contributed by atoms with E-state index in [0.717, 1.165) is 0 Å². The summed E-state index contributed by atoms with van der Waals surface area (Å²) in [6, 6.07) is 0. The molecule has 0 unspecified atom stereocenters. The highest BCUT2D eigenvalue weighted by atomic mass is 16.5. The molecule has 0 radical (unpaired) electrons. The van der Waals surface area contributed by atoms with E-state index in [4.69, 9.17) is 5.26 Å². The molecule has 0 saturated carbocycles. The molecule has 2 nitrogen and oxygen atoms in total. The van der Waals surface area contributed by atoms with Crippen LogP contribution in [0.3, 0.4) is 0 Å². The van der Waals surface area contributed by atoms with Gasteiger partial charge in [0.05, 0.1) is 0 Å². The van der Waals surface area contributed by atoms with E-state index in [0.29, 0.717) is 5.76 Å². The van der Waals surface area contributed by atoms with Gasteiger partial charge < -0.3 is 4.74 Å². The number of nitrogens with zero attached hydrogens (tertiary/aromatic N) is 1. The lowest BCUT2D eigenvalue weighted by Crippen LogP contribution is -1.74. The average molecular weight is 151 g/mol. The first kappa shape index (κ1) is 12.2. The first-order chi connectivity index (χ1) is 5.31. The number of ether oxygens (including phenoxy) is 1. The maximum Gasteiger partial charge on any atom is 0.292 e. The zero-order valence-electron chi connectivity index (χ0n) is 7.00. The number of hydrogen-bond donors (Lipinski definition) is 0. The van der Waals surface area contributed by atoms with Gasteiger partial charge in [0, 0.05) is 0 Å². The molecule has 0 aliphatic carbocycles. The quantitative estimate of drug-likeness (QED) is 0.353. The molecule has 0 aliphatic heterocycles. The molecular formula is C9H13NO. The highest BCUT2D eigenvalue weighted by Gasteiger charge is 1.81. The van der Waals surface area contributed by atoms with E-state index in [-0.39, 0.29) is 0 Å². The summed E-state index contributed by atoms with van der Waals surface area (Å²) in [6.07, 6.45) is 6.26. The zero-order valence-corrected chi connectivity index (χ0v) is 7.00. The Labute approximate surface area is 68.1 Å². The second kappa shape index (κ2) is 11.3. The minimum Gasteiger partial charge on any atom is -0.389 e. The van der Waals surface area contributed by atoms with E-state index >= 15 is 0 Å². The molecule has 0 heterocycles. The molecular weight excluding hydrogens is 138 g/mol. The first-order valence-electron chi connectivity index (χ1n) is 3.35. The van der Waals surface area contributed by atoms with Crippen molar-refractivity contribution in [1.82, 2.24) is 0 Å². The van der Waals surface area contributed by atoms with E-state index < -0.39 is 0 Å². The van der Waals surface area contributed by atoms with Crippen molar-refractivity contribution >= 4 is 0 Å². The van der Waals surface area contributed by atoms with Crippen molar-refractivity contribution in [2.24, 2.45) is 0 Å². The SMILES string of the molecule is C=C/C=C\C(=C)OC#N.CC. The minimum atomic E-state index is 0.317. The van der Waals surface area contributed by atoms with Crippen LogP contribution in [0.4, 0.5) is 0 Å². The fourth-order valence-electron chi connectivity index (χ4n) is 0.268. The van der Waals surface area contributed by atoms with Gasteiger partial charge in [-0.25, -0.2) is 0 Å². The van der Waals surface area contributed by atoms with E-state index in [1.165, 1.54) is 6.26 Å². The Bertz CT molecular complexity index is 174. The predicted octanol–water partition coefficient (Wildman–Crippen LogP) is 2.77. The van der Waals surface area contributed by atoms with Crippen LogP contribution in [0.25, 0.3) is 0 Å². The molecule has 0 N–H and O–H groups in total. The number of rotatable bonds is 3. The Morgan fingerprint density at radius 1 is 1.55 bits per heavy atom. The molecule has 0 aromatic carbocycles. The maximum atomic E-state index is 7.94. The van der Waals surface area contributed by atoms with Crippen LogP contribution in [0.1, 0.15) is 13.8 Å². The van der Waals surface area contributed by atoms with Gasteiger partial charge in [-0.3, -0.25) is 0 Å². The minimum absolute atomic E-state index is 0.317. The predicted molar refractivity (Wildman–Crippen MR) is 46.5 cm³/mol. The van der Waals surface area contributed by atoms with E-state index in [1.807, 2.05) is 13.8 Å². The van der Waals surface area contributed by atoms with Crippen LogP contribution < -0.4 is 0 Å². The molecule has 0 amide bonds. The Hall–Kier alpha value is -1.49. The number of nitriles is 1. The monoisotopic (exact) mass is 151 g/mol. The summed E-state index contributed by atoms with van der Waals surface area (Å²) in [4.78, 5) is 0. The van der Waals surface area contributed by atoms with E-state index in [2.05, 4.69) is 17.9 Å². The van der Waals surface area contributed by atoms with Crippen LogP contribution in [0.15, 0.2) is 37.1 Å². The Morgan fingerprint density at radius 3 is 2.45 bits per heavy atom. The lowest BCUT2D eigenvalue weighted by atomic mass is 10.4. The third-order valence-corrected chi connectivity index (χ3v) is 0.595.